The Morgan fingerprint density at radius 3 is 1.35 bits per heavy atom. The van der Waals surface area contributed by atoms with Gasteiger partial charge in [-0.25, -0.2) is 21.6 Å². The number of benzene rings is 4. The molecule has 1 unspecified atom stereocenters. The maximum Gasteiger partial charge on any atom is 1.00 e. The SMILES string of the molecule is CCC(C)(C)[O-].CO[C@@H]1C[C@@]23COC[C@](C)([C@@H]2CC[C@H]2C3=CC[C@@]3(C)[C@H](C(=O)OCc4ccccc4)[C@@](C)([C@H](C)C(C)C)CC[C@]23C)[C@H]1O.CO[C@@H]1C[C@@]23COC[C@](C)([C@@H]2CC[C@H]2C3=CC[C@@]3(C)[C@H](C(=O)OCc4ccccc4)[C@@](C)([C@H](C)C(C)C)CC[C@]23C)[C@H]1OC[C@](C)(NS(=O)(=O)c1ccc(C)cc1)C(C)C.Cc1ccc(S(=O)(=O)N2C[C@@]2(C)C(C)C)cc1.[K+]. The van der Waals surface area contributed by atoms with Crippen LogP contribution in [0.15, 0.2) is 142 Å². The van der Waals surface area contributed by atoms with Gasteiger partial charge in [-0.05, 0) is 232 Å². The summed E-state index contributed by atoms with van der Waals surface area (Å²) in [4.78, 5) is 30.0. The average molecular weight is 1820 g/mol. The smallest absolute Gasteiger partial charge is 0.850 e. The number of aliphatic hydroxyl groups excluding tert-OH is 1. The van der Waals surface area contributed by atoms with Crippen LogP contribution in [0.3, 0.4) is 0 Å². The molecule has 25 atom stereocenters. The Hall–Kier alpha value is -3.52. The van der Waals surface area contributed by atoms with Crippen LogP contribution in [0.4, 0.5) is 0 Å². The van der Waals surface area contributed by atoms with E-state index < -0.39 is 37.3 Å². The molecule has 3 aliphatic heterocycles. The van der Waals surface area contributed by atoms with Crippen molar-refractivity contribution in [2.24, 2.45) is 125 Å². The van der Waals surface area contributed by atoms with Gasteiger partial charge in [0.2, 0.25) is 20.0 Å². The number of fused-ring (bicyclic) bond motifs is 6. The van der Waals surface area contributed by atoms with Gasteiger partial charge in [0.15, 0.2) is 0 Å². The molecule has 4 aromatic carbocycles. The van der Waals surface area contributed by atoms with Crippen molar-refractivity contribution in [1.29, 1.82) is 0 Å². The van der Waals surface area contributed by atoms with Gasteiger partial charge in [-0.2, -0.15) is 4.31 Å². The van der Waals surface area contributed by atoms with Crippen molar-refractivity contribution in [3.05, 3.63) is 155 Å². The largest absolute Gasteiger partial charge is 1.00 e. The van der Waals surface area contributed by atoms with E-state index in [9.17, 15) is 36.6 Å². The molecule has 9 fully saturated rings. The van der Waals surface area contributed by atoms with Gasteiger partial charge in [0.25, 0.3) is 0 Å². The summed E-state index contributed by atoms with van der Waals surface area (Å²) >= 11 is 0. The molecular formula is C107H161KN2O15S2. The van der Waals surface area contributed by atoms with E-state index in [1.54, 1.807) is 62.2 Å². The first-order valence-electron chi connectivity index (χ1n) is 48.0. The van der Waals surface area contributed by atoms with E-state index in [1.807, 2.05) is 133 Å². The van der Waals surface area contributed by atoms with Gasteiger partial charge in [0.05, 0.1) is 84.6 Å². The van der Waals surface area contributed by atoms with E-state index in [2.05, 4.69) is 128 Å². The van der Waals surface area contributed by atoms with Gasteiger partial charge < -0.3 is 43.4 Å². The Kier molecular flexibility index (Phi) is 31.6. The summed E-state index contributed by atoms with van der Waals surface area (Å²) in [6, 6.07) is 34.2. The number of rotatable bonds is 23. The summed E-state index contributed by atoms with van der Waals surface area (Å²) < 4.78 is 102. The molecule has 15 rings (SSSR count). The van der Waals surface area contributed by atoms with Crippen molar-refractivity contribution in [2.45, 2.75) is 321 Å². The Bertz CT molecular complexity index is 4770. The topological polar surface area (TPSA) is 225 Å². The Morgan fingerprint density at radius 2 is 0.961 bits per heavy atom. The Balaban J connectivity index is 0.000000201. The fourth-order valence-electron chi connectivity index (χ4n) is 27.0. The molecule has 6 saturated carbocycles. The summed E-state index contributed by atoms with van der Waals surface area (Å²) in [5, 5.41) is 21.9. The van der Waals surface area contributed by atoms with Crippen molar-refractivity contribution in [2.75, 3.05) is 53.8 Å². The first-order valence-corrected chi connectivity index (χ1v) is 50.9. The van der Waals surface area contributed by atoms with E-state index in [0.717, 1.165) is 99.3 Å². The molecule has 8 aliphatic carbocycles. The van der Waals surface area contributed by atoms with Gasteiger partial charge in [0, 0.05) is 48.0 Å². The third-order valence-corrected chi connectivity index (χ3v) is 41.0. The van der Waals surface area contributed by atoms with Crippen LogP contribution in [0.1, 0.15) is 265 Å². The predicted octanol–water partition coefficient (Wildman–Crippen LogP) is 17.9. The summed E-state index contributed by atoms with van der Waals surface area (Å²) in [6.45, 7) is 58.4. The molecule has 3 heterocycles. The van der Waals surface area contributed by atoms with Gasteiger partial charge >= 0.3 is 63.3 Å². The number of aliphatic hydroxyl groups is 1. The number of nitrogens with zero attached hydrogens (tertiary/aromatic N) is 1. The normalized spacial score (nSPS) is 37.9. The fraction of sp³-hybridized carbons (Fsp3) is 0.720. The van der Waals surface area contributed by atoms with Crippen LogP contribution in [0.25, 0.3) is 0 Å². The molecule has 0 radical (unpaired) electrons. The van der Waals surface area contributed by atoms with E-state index in [4.69, 9.17) is 33.2 Å². The second-order valence-corrected chi connectivity index (χ2v) is 49.3. The number of hydrogen-bond donors (Lipinski definition) is 2. The minimum Gasteiger partial charge on any atom is -0.850 e. The number of sulfonamides is 2. The number of carbonyl (C=O) groups excluding carboxylic acids is 2. The summed E-state index contributed by atoms with van der Waals surface area (Å²) in [7, 11) is -3.55. The molecule has 4 aromatic rings. The minimum absolute atomic E-state index is 0. The number of methoxy groups -OCH3 is 2. The number of ether oxygens (including phenoxy) is 7. The number of nitrogens with one attached hydrogen (secondary N) is 1. The van der Waals surface area contributed by atoms with Crippen molar-refractivity contribution < 1.29 is 121 Å². The second kappa shape index (κ2) is 38.6. The molecule has 20 heteroatoms. The molecule has 3 saturated heterocycles. The molecule has 127 heavy (non-hydrogen) atoms. The molecule has 0 amide bonds. The standard InChI is InChI=1S/C51H75NO7S.C38H56O5.C13H19NO2S.C5H11O.K/c1-33(2)36(6)46(7)26-27-48(9)39-22-23-42-47(8)30-57-32-51(42,40(39)24-25-49(48,10)43(46)45(53)58-29-37-16-14-13-15-17-37)28-41(56-12)44(47)59-31-50(11,34(3)4)52-60(54,55)38-20-18-35(5)19-21-38;1-24(2)25(3)34(4)18-19-36(6)27-14-15-30-35(5)22-42-23-38(30,20-29(41-8)32(35)39)28(27)16-17-37(36,7)31(34)33(40)43-21-26-12-10-9-11-13-26;1-10(2)13(4)9-14(13)17(15,16)12-7-5-11(3)6-8-12;1-4-5(2,3)6;/h13-21,24,33-34,36,39,41-44,52H,22-23,25-32H2,1-12H3;9-13,16,24-25,27,29-32,39H,14-15,17-23H2,1-8H3;5-8,10H,9H2,1-4H3;4H2,1-3H3;/q;;;-1;+1/t36-,39+,41-,42+,43-,44+,46-,47-,48-,49+,50+,51+;25-,27+,29-,30+,31-,32+,34-,35-,36-,37+,38+;13-,14?;;/m110../s1. The zero-order valence-electron chi connectivity index (χ0n) is 83.1. The van der Waals surface area contributed by atoms with E-state index in [1.165, 1.54) is 5.57 Å². The molecule has 0 aromatic heterocycles. The first kappa shape index (κ1) is 104. The summed E-state index contributed by atoms with van der Waals surface area (Å²) in [5.74, 6) is 2.78. The number of hydrogen-bond acceptors (Lipinski definition) is 15. The maximum atomic E-state index is 14.8. The van der Waals surface area contributed by atoms with Gasteiger partial charge in [0.1, 0.15) is 13.2 Å². The van der Waals surface area contributed by atoms with Crippen molar-refractivity contribution in [1.82, 2.24) is 9.03 Å². The molecule has 0 spiro atoms. The van der Waals surface area contributed by atoms with Gasteiger partial charge in [-0.3, -0.25) is 9.59 Å². The Labute approximate surface area is 809 Å². The fourth-order valence-corrected chi connectivity index (χ4v) is 30.5. The molecule has 4 bridgehead atoms. The first-order chi connectivity index (χ1) is 58.7. The molecule has 2 N–H and O–H groups in total. The molecule has 17 nitrogen and oxygen atoms in total. The van der Waals surface area contributed by atoms with Crippen molar-refractivity contribution in [3.8, 4) is 0 Å². The minimum atomic E-state index is -3.80. The van der Waals surface area contributed by atoms with E-state index in [-0.39, 0.29) is 177 Å². The maximum absolute atomic E-state index is 14.8. The quantitative estimate of drug-likeness (QED) is 0.0305. The van der Waals surface area contributed by atoms with Crippen LogP contribution in [0, 0.1) is 139 Å². The summed E-state index contributed by atoms with van der Waals surface area (Å²) in [6.07, 6.45) is 16.3. The van der Waals surface area contributed by atoms with Crippen LogP contribution in [0.5, 0.6) is 0 Å². The van der Waals surface area contributed by atoms with Crippen LogP contribution in [0.2, 0.25) is 0 Å². The zero-order valence-corrected chi connectivity index (χ0v) is 87.8. The van der Waals surface area contributed by atoms with Crippen molar-refractivity contribution >= 4 is 32.0 Å². The third-order valence-electron chi connectivity index (χ3n) is 37.4. The number of allylic oxidation sites excluding steroid dienone is 2. The van der Waals surface area contributed by atoms with Gasteiger partial charge in [-0.1, -0.05) is 271 Å². The predicted molar refractivity (Wildman–Crippen MR) is 499 cm³/mol. The number of carbonyl (C=O) groups is 2. The molecular weight excluding hydrogens is 1660 g/mol. The Morgan fingerprint density at radius 1 is 0.559 bits per heavy atom. The number of aryl methyl sites for hydroxylation is 2. The van der Waals surface area contributed by atoms with Gasteiger partial charge in [-0.15, -0.1) is 5.60 Å². The van der Waals surface area contributed by atoms with Crippen LogP contribution >= 0.6 is 0 Å². The number of esters is 2. The summed E-state index contributed by atoms with van der Waals surface area (Å²) in [5.41, 5.74) is 3.33. The average Bonchev–Trinajstić information content (AvgIpc) is 1.62. The monoisotopic (exact) mass is 1820 g/mol. The molecule has 702 valence electrons. The zero-order chi connectivity index (χ0) is 92.7. The molecule has 11 aliphatic rings. The van der Waals surface area contributed by atoms with E-state index >= 15 is 0 Å². The third kappa shape index (κ3) is 18.7. The van der Waals surface area contributed by atoms with Crippen LogP contribution < -0.4 is 61.2 Å². The van der Waals surface area contributed by atoms with Crippen LogP contribution in [-0.4, -0.2) is 133 Å². The van der Waals surface area contributed by atoms with Crippen molar-refractivity contribution in [3.63, 3.8) is 0 Å². The second-order valence-electron chi connectivity index (χ2n) is 45.8. The van der Waals surface area contributed by atoms with Crippen LogP contribution in [-0.2, 0) is 76.0 Å². The van der Waals surface area contributed by atoms with E-state index in [0.29, 0.717) is 104 Å².